The summed E-state index contributed by atoms with van der Waals surface area (Å²) in [4.78, 5) is 5.66. The molecule has 0 saturated heterocycles. The molecule has 9 aromatic carbocycles. The molecule has 1 aliphatic rings. The van der Waals surface area contributed by atoms with Crippen LogP contribution in [0.5, 0.6) is 0 Å². The lowest BCUT2D eigenvalue weighted by Crippen LogP contribution is -1.96. The van der Waals surface area contributed by atoms with Gasteiger partial charge in [0.2, 0.25) is 5.89 Å². The van der Waals surface area contributed by atoms with E-state index in [9.17, 15) is 0 Å². The molecule has 260 valence electrons. The van der Waals surface area contributed by atoms with Gasteiger partial charge in [0.15, 0.2) is 5.58 Å². The number of hydrogen-bond acceptors (Lipinski definition) is 3. The number of para-hydroxylation sites is 1. The maximum atomic E-state index is 7.41. The lowest BCUT2D eigenvalue weighted by atomic mass is 9.82. The zero-order valence-electron chi connectivity index (χ0n) is 30.2. The van der Waals surface area contributed by atoms with E-state index in [2.05, 4.69) is 176 Å². The smallest absolute Gasteiger partial charge is 0.231 e. The third-order valence-electron chi connectivity index (χ3n) is 11.4. The zero-order valence-corrected chi connectivity index (χ0v) is 30.2. The minimum atomic E-state index is 0.532. The number of oxazole rings is 1. The second kappa shape index (κ2) is 12.0. The van der Waals surface area contributed by atoms with Gasteiger partial charge in [-0.15, -0.1) is 0 Å². The normalized spacial score (nSPS) is 11.9. The van der Waals surface area contributed by atoms with Crippen LogP contribution >= 0.6 is 0 Å². The molecule has 3 nitrogen and oxygen atoms in total. The molecule has 2 heterocycles. The van der Waals surface area contributed by atoms with Crippen molar-refractivity contribution in [3.05, 3.63) is 188 Å². The van der Waals surface area contributed by atoms with Gasteiger partial charge in [0.1, 0.15) is 16.7 Å². The predicted molar refractivity (Wildman–Crippen MR) is 230 cm³/mol. The second-order valence-corrected chi connectivity index (χ2v) is 14.5. The second-order valence-electron chi connectivity index (χ2n) is 14.5. The lowest BCUT2D eigenvalue weighted by Gasteiger charge is -2.21. The Labute approximate surface area is 322 Å². The summed E-state index contributed by atoms with van der Waals surface area (Å²) < 4.78 is 14.3. The minimum Gasteiger partial charge on any atom is -0.455 e. The summed E-state index contributed by atoms with van der Waals surface area (Å²) in [5.74, 6) is 0.532. The van der Waals surface area contributed by atoms with E-state index >= 15 is 0 Å². The molecule has 0 N–H and O–H groups in total. The van der Waals surface area contributed by atoms with Crippen molar-refractivity contribution < 1.29 is 8.83 Å². The quantitative estimate of drug-likeness (QED) is 0.178. The van der Waals surface area contributed by atoms with Crippen molar-refractivity contribution in [2.75, 3.05) is 0 Å². The Kier molecular flexibility index (Phi) is 6.63. The van der Waals surface area contributed by atoms with Crippen molar-refractivity contribution in [3.63, 3.8) is 0 Å². The molecule has 56 heavy (non-hydrogen) atoms. The van der Waals surface area contributed by atoms with E-state index in [1.807, 2.05) is 12.1 Å². The molecule has 0 unspecified atom stereocenters. The Bertz CT molecular complexity index is 3200. The third kappa shape index (κ3) is 4.43. The van der Waals surface area contributed by atoms with E-state index < -0.39 is 0 Å². The van der Waals surface area contributed by atoms with Gasteiger partial charge in [-0.25, -0.2) is 4.98 Å². The summed E-state index contributed by atoms with van der Waals surface area (Å²) in [5.41, 5.74) is 17.2. The molecule has 0 fully saturated rings. The maximum absolute atomic E-state index is 7.41. The number of benzene rings is 9. The molecule has 0 saturated carbocycles. The van der Waals surface area contributed by atoms with Crippen LogP contribution in [-0.2, 0) is 0 Å². The lowest BCUT2D eigenvalue weighted by molar-refractivity contribution is 0.616. The monoisotopic (exact) mass is 713 g/mol. The average Bonchev–Trinajstić information content (AvgIpc) is 3.96. The van der Waals surface area contributed by atoms with E-state index in [0.717, 1.165) is 99.8 Å². The minimum absolute atomic E-state index is 0.532. The number of hydrogen-bond donors (Lipinski definition) is 0. The molecule has 0 atom stereocenters. The van der Waals surface area contributed by atoms with Crippen molar-refractivity contribution in [3.8, 4) is 78.2 Å². The van der Waals surface area contributed by atoms with Crippen molar-refractivity contribution in [1.82, 2.24) is 4.98 Å². The predicted octanol–water partition coefficient (Wildman–Crippen LogP) is 14.9. The summed E-state index contributed by atoms with van der Waals surface area (Å²) in [6.45, 7) is 0. The summed E-state index contributed by atoms with van der Waals surface area (Å²) in [6.07, 6.45) is 0. The summed E-state index contributed by atoms with van der Waals surface area (Å²) in [7, 11) is 0. The molecule has 0 spiro atoms. The maximum Gasteiger partial charge on any atom is 0.231 e. The van der Waals surface area contributed by atoms with Crippen molar-refractivity contribution in [2.45, 2.75) is 0 Å². The van der Waals surface area contributed by atoms with Gasteiger partial charge in [0, 0.05) is 38.6 Å². The standard InChI is InChI=1S/C53H31NO2/c1-5-17-33(18-6-1)44-45(34-19-7-2-8-20-34)47(36-23-11-4-12-24-36)52-50(46(44)35-21-9-3-10-22-35)54-53(56-52)49-48-39-29-16-26-32-25-15-28-38(43(32)39)40(48)31-41-37-27-13-14-30-42(37)55-51(41)49/h1-31H. The molecule has 0 amide bonds. The van der Waals surface area contributed by atoms with Gasteiger partial charge in [-0.05, 0) is 61.8 Å². The molecule has 0 aliphatic heterocycles. The van der Waals surface area contributed by atoms with Gasteiger partial charge < -0.3 is 8.83 Å². The molecule has 2 aromatic heterocycles. The van der Waals surface area contributed by atoms with Gasteiger partial charge in [-0.1, -0.05) is 176 Å². The summed E-state index contributed by atoms with van der Waals surface area (Å²) >= 11 is 0. The topological polar surface area (TPSA) is 39.2 Å². The average molecular weight is 714 g/mol. The first-order valence-electron chi connectivity index (χ1n) is 19.0. The Balaban J connectivity index is 1.30. The zero-order chi connectivity index (χ0) is 36.7. The van der Waals surface area contributed by atoms with Crippen LogP contribution < -0.4 is 0 Å². The highest BCUT2D eigenvalue weighted by Crippen LogP contribution is 2.56. The number of nitrogens with zero attached hydrogens (tertiary/aromatic N) is 1. The molecule has 0 bridgehead atoms. The van der Waals surface area contributed by atoms with Gasteiger partial charge >= 0.3 is 0 Å². The SMILES string of the molecule is c1ccc(-c2c(-c3ccccc3)c(-c3ccccc3)c3oc(-c4c5c(cc6c4oc4ccccc46)-c4cccc6cccc-5c46)nc3c2-c2ccccc2)cc1. The molecular formula is C53H31NO2. The van der Waals surface area contributed by atoms with Gasteiger partial charge in [-0.3, -0.25) is 0 Å². The van der Waals surface area contributed by atoms with Crippen LogP contribution in [0.4, 0.5) is 0 Å². The van der Waals surface area contributed by atoms with Crippen molar-refractivity contribution in [1.29, 1.82) is 0 Å². The van der Waals surface area contributed by atoms with Crippen molar-refractivity contribution in [2.24, 2.45) is 0 Å². The highest BCUT2D eigenvalue weighted by molar-refractivity contribution is 6.24. The first kappa shape index (κ1) is 30.9. The molecule has 11 aromatic rings. The Morgan fingerprint density at radius 3 is 1.52 bits per heavy atom. The van der Waals surface area contributed by atoms with E-state index in [1.54, 1.807) is 0 Å². The van der Waals surface area contributed by atoms with Crippen LogP contribution in [0.3, 0.4) is 0 Å². The fraction of sp³-hybridized carbons (Fsp3) is 0. The van der Waals surface area contributed by atoms with E-state index in [0.29, 0.717) is 5.89 Å². The summed E-state index contributed by atoms with van der Waals surface area (Å²) in [6, 6.07) is 66.4. The molecule has 3 heteroatoms. The van der Waals surface area contributed by atoms with Crippen LogP contribution in [0.1, 0.15) is 0 Å². The fourth-order valence-corrected chi connectivity index (χ4v) is 9.13. The van der Waals surface area contributed by atoms with Crippen LogP contribution in [0, 0.1) is 0 Å². The first-order valence-corrected chi connectivity index (χ1v) is 19.0. The molecule has 0 radical (unpaired) electrons. The van der Waals surface area contributed by atoms with Crippen LogP contribution in [0.25, 0.3) is 122 Å². The highest BCUT2D eigenvalue weighted by Gasteiger charge is 2.33. The van der Waals surface area contributed by atoms with Crippen LogP contribution in [-0.4, -0.2) is 4.98 Å². The number of fused-ring (bicyclic) bond motifs is 7. The Hall–Kier alpha value is -7.49. The van der Waals surface area contributed by atoms with Gasteiger partial charge in [0.05, 0.1) is 5.56 Å². The number of aromatic nitrogens is 1. The highest BCUT2D eigenvalue weighted by atomic mass is 16.4. The molecular weight excluding hydrogens is 683 g/mol. The Morgan fingerprint density at radius 1 is 0.339 bits per heavy atom. The number of furan rings is 1. The van der Waals surface area contributed by atoms with E-state index in [-0.39, 0.29) is 0 Å². The number of rotatable bonds is 5. The van der Waals surface area contributed by atoms with Crippen LogP contribution in [0.2, 0.25) is 0 Å². The Morgan fingerprint density at radius 2 is 0.875 bits per heavy atom. The van der Waals surface area contributed by atoms with Crippen molar-refractivity contribution >= 4 is 43.8 Å². The van der Waals surface area contributed by atoms with E-state index in [4.69, 9.17) is 13.8 Å². The van der Waals surface area contributed by atoms with E-state index in [1.165, 1.54) is 16.3 Å². The largest absolute Gasteiger partial charge is 0.455 e. The molecule has 1 aliphatic carbocycles. The van der Waals surface area contributed by atoms with Gasteiger partial charge in [0.25, 0.3) is 0 Å². The van der Waals surface area contributed by atoms with Gasteiger partial charge in [-0.2, -0.15) is 0 Å². The fourth-order valence-electron chi connectivity index (χ4n) is 9.13. The van der Waals surface area contributed by atoms with Crippen LogP contribution in [0.15, 0.2) is 197 Å². The first-order chi connectivity index (χ1) is 27.8. The summed E-state index contributed by atoms with van der Waals surface area (Å²) in [5, 5.41) is 4.56. The molecule has 12 rings (SSSR count). The third-order valence-corrected chi connectivity index (χ3v) is 11.4.